The van der Waals surface area contributed by atoms with Crippen molar-refractivity contribution in [1.29, 1.82) is 0 Å². The number of aliphatic hydroxyl groups is 3. The zero-order valence-electron chi connectivity index (χ0n) is 16.2. The first-order valence-corrected chi connectivity index (χ1v) is 9.95. The first kappa shape index (κ1) is 18.6. The lowest BCUT2D eigenvalue weighted by Gasteiger charge is -2.44. The predicted octanol–water partition coefficient (Wildman–Crippen LogP) is -2.00. The van der Waals surface area contributed by atoms with E-state index in [0.717, 1.165) is 0 Å². The number of hydrogen-bond donors (Lipinski definition) is 3. The molecule has 0 aromatic carbocycles. The van der Waals surface area contributed by atoms with Crippen molar-refractivity contribution in [2.75, 3.05) is 0 Å². The molecule has 0 bridgehead atoms. The molecule has 2 aliphatic carbocycles. The monoisotopic (exact) mass is 420 g/mol. The zero-order valence-corrected chi connectivity index (χ0v) is 16.2. The Balaban J connectivity index is 1.68. The standard InChI is InChI=1S/C20H20O10/c1-3-4-5-8-6-9-18-10(21)12-19(26,7(2)13(23)28-12)20(18,15(25)27-9)30-16-17(8,18)11(22)14(24)29-16/h7-12,16,21-22,26H,5-6H2,1-2H3/t7-,8-,9-,10-,11+,12+,16+,17+,18?,19-,20-/m1/s1. The lowest BCUT2D eigenvalue weighted by molar-refractivity contribution is -0.238. The number of rotatable bonds is 1. The van der Waals surface area contributed by atoms with E-state index in [1.54, 1.807) is 6.92 Å². The van der Waals surface area contributed by atoms with Gasteiger partial charge in [-0.1, -0.05) is 0 Å². The Bertz CT molecular complexity index is 982. The maximum absolute atomic E-state index is 13.3. The van der Waals surface area contributed by atoms with E-state index in [1.165, 1.54) is 6.92 Å². The van der Waals surface area contributed by atoms with E-state index in [4.69, 9.17) is 18.9 Å². The van der Waals surface area contributed by atoms with Gasteiger partial charge < -0.3 is 34.3 Å². The van der Waals surface area contributed by atoms with Crippen molar-refractivity contribution >= 4 is 17.9 Å². The Kier molecular flexibility index (Phi) is 3.09. The van der Waals surface area contributed by atoms with E-state index in [0.29, 0.717) is 0 Å². The molecule has 2 spiro atoms. The highest BCUT2D eigenvalue weighted by atomic mass is 16.8. The molecule has 4 aliphatic heterocycles. The summed E-state index contributed by atoms with van der Waals surface area (Å²) in [5, 5.41) is 34.4. The minimum Gasteiger partial charge on any atom is -0.459 e. The molecule has 4 heterocycles. The van der Waals surface area contributed by atoms with Crippen LogP contribution in [0.3, 0.4) is 0 Å². The number of esters is 3. The number of aliphatic hydroxyl groups excluding tert-OH is 2. The summed E-state index contributed by atoms with van der Waals surface area (Å²) < 4.78 is 22.3. The molecule has 6 fully saturated rings. The van der Waals surface area contributed by atoms with Gasteiger partial charge in [-0.05, 0) is 26.2 Å². The molecule has 1 unspecified atom stereocenters. The predicted molar refractivity (Wildman–Crippen MR) is 90.6 cm³/mol. The quantitative estimate of drug-likeness (QED) is 0.247. The van der Waals surface area contributed by atoms with E-state index in [-0.39, 0.29) is 12.8 Å². The second-order valence-corrected chi connectivity index (χ2v) is 9.08. The minimum absolute atomic E-state index is 0.178. The lowest BCUT2D eigenvalue weighted by atomic mass is 9.53. The van der Waals surface area contributed by atoms with Crippen LogP contribution in [0, 0.1) is 34.5 Å². The molecular weight excluding hydrogens is 400 g/mol. The zero-order chi connectivity index (χ0) is 21.4. The number of carbonyl (C=O) groups excluding carboxylic acids is 3. The van der Waals surface area contributed by atoms with E-state index < -0.39 is 82.5 Å². The molecule has 0 amide bonds. The third-order valence-corrected chi connectivity index (χ3v) is 8.62. The summed E-state index contributed by atoms with van der Waals surface area (Å²) >= 11 is 0. The Hall–Kier alpha value is -2.19. The van der Waals surface area contributed by atoms with Crippen molar-refractivity contribution in [3.63, 3.8) is 0 Å². The van der Waals surface area contributed by atoms with Crippen LogP contribution in [0.25, 0.3) is 0 Å². The first-order valence-electron chi connectivity index (χ1n) is 9.95. The summed E-state index contributed by atoms with van der Waals surface area (Å²) in [7, 11) is 0. The Morgan fingerprint density at radius 1 is 1.13 bits per heavy atom. The van der Waals surface area contributed by atoms with Gasteiger partial charge >= 0.3 is 17.9 Å². The average Bonchev–Trinajstić information content (AvgIpc) is 3.41. The summed E-state index contributed by atoms with van der Waals surface area (Å²) in [5.41, 5.74) is -7.84. The normalized spacial score (nSPS) is 59.0. The fourth-order valence-corrected chi connectivity index (χ4v) is 7.68. The molecule has 30 heavy (non-hydrogen) atoms. The summed E-state index contributed by atoms with van der Waals surface area (Å²) in [6.45, 7) is 3.02. The third-order valence-electron chi connectivity index (χ3n) is 8.62. The van der Waals surface area contributed by atoms with Gasteiger partial charge in [0.05, 0.1) is 16.7 Å². The van der Waals surface area contributed by atoms with Crippen molar-refractivity contribution < 1.29 is 48.7 Å². The average molecular weight is 420 g/mol. The van der Waals surface area contributed by atoms with Gasteiger partial charge in [0.25, 0.3) is 0 Å². The number of carbonyl (C=O) groups is 3. The molecule has 160 valence electrons. The van der Waals surface area contributed by atoms with Crippen molar-refractivity contribution in [1.82, 2.24) is 0 Å². The minimum atomic E-state index is -2.26. The van der Waals surface area contributed by atoms with Crippen LogP contribution >= 0.6 is 0 Å². The largest absolute Gasteiger partial charge is 0.459 e. The first-order chi connectivity index (χ1) is 14.2. The third kappa shape index (κ3) is 1.32. The van der Waals surface area contributed by atoms with Gasteiger partial charge in [-0.3, -0.25) is 4.79 Å². The molecule has 6 rings (SSSR count). The molecular formula is C20H20O10. The number of hydrogen-bond acceptors (Lipinski definition) is 10. The van der Waals surface area contributed by atoms with E-state index in [2.05, 4.69) is 11.8 Å². The molecule has 3 N–H and O–H groups in total. The van der Waals surface area contributed by atoms with Gasteiger partial charge in [0, 0.05) is 6.42 Å². The summed E-state index contributed by atoms with van der Waals surface area (Å²) in [4.78, 5) is 38.0. The van der Waals surface area contributed by atoms with Crippen molar-refractivity contribution in [2.45, 2.75) is 68.6 Å². The maximum Gasteiger partial charge on any atom is 0.343 e. The van der Waals surface area contributed by atoms with Crippen LogP contribution in [-0.4, -0.2) is 75.1 Å². The van der Waals surface area contributed by atoms with Crippen molar-refractivity contribution in [2.24, 2.45) is 22.7 Å². The van der Waals surface area contributed by atoms with Crippen LogP contribution in [-0.2, 0) is 33.3 Å². The van der Waals surface area contributed by atoms with E-state index in [1.807, 2.05) is 0 Å². The molecule has 2 saturated carbocycles. The van der Waals surface area contributed by atoms with Gasteiger partial charge in [-0.2, -0.15) is 0 Å². The molecule has 0 aromatic heterocycles. The molecule has 0 aromatic rings. The second kappa shape index (κ2) is 4.99. The molecule has 11 atom stereocenters. The van der Waals surface area contributed by atoms with Gasteiger partial charge in [-0.25, -0.2) is 9.59 Å². The van der Waals surface area contributed by atoms with Crippen LogP contribution in [0.1, 0.15) is 26.7 Å². The van der Waals surface area contributed by atoms with E-state index in [9.17, 15) is 29.7 Å². The molecule has 10 heteroatoms. The lowest BCUT2D eigenvalue weighted by Crippen LogP contribution is -2.66. The molecule has 10 nitrogen and oxygen atoms in total. The molecule has 4 saturated heterocycles. The highest BCUT2D eigenvalue weighted by Gasteiger charge is 3.03. The van der Waals surface area contributed by atoms with Crippen LogP contribution in [0.2, 0.25) is 0 Å². The number of fused-ring (bicyclic) bond motifs is 1. The van der Waals surface area contributed by atoms with Gasteiger partial charge in [0.15, 0.2) is 17.8 Å². The SMILES string of the molecule is CC#CC[C@@H]1C[C@H]2OC(=O)[C@@]34O[C@@H]5OC(=O)[C@H](O)[C@@]15C23[C@H](O)[C@@H]1OC(=O)[C@@H](C)[C@@]14O. The molecule has 6 aliphatic rings. The summed E-state index contributed by atoms with van der Waals surface area (Å²) in [5.74, 6) is 1.24. The molecule has 0 radical (unpaired) electrons. The Morgan fingerprint density at radius 2 is 1.87 bits per heavy atom. The smallest absolute Gasteiger partial charge is 0.343 e. The van der Waals surface area contributed by atoms with Gasteiger partial charge in [0.2, 0.25) is 11.9 Å². The van der Waals surface area contributed by atoms with Gasteiger partial charge in [0.1, 0.15) is 12.2 Å². The van der Waals surface area contributed by atoms with Crippen LogP contribution in [0.5, 0.6) is 0 Å². The van der Waals surface area contributed by atoms with Crippen LogP contribution in [0.4, 0.5) is 0 Å². The van der Waals surface area contributed by atoms with E-state index >= 15 is 0 Å². The fourth-order valence-electron chi connectivity index (χ4n) is 7.68. The maximum atomic E-state index is 13.3. The summed E-state index contributed by atoms with van der Waals surface area (Å²) in [6.07, 6.45) is -6.86. The van der Waals surface area contributed by atoms with Crippen LogP contribution in [0.15, 0.2) is 0 Å². The summed E-state index contributed by atoms with van der Waals surface area (Å²) in [6, 6.07) is 0. The Morgan fingerprint density at radius 3 is 2.57 bits per heavy atom. The fraction of sp³-hybridized carbons (Fsp3) is 0.750. The topological polar surface area (TPSA) is 149 Å². The Labute approximate surface area is 170 Å². The second-order valence-electron chi connectivity index (χ2n) is 9.08. The highest BCUT2D eigenvalue weighted by Crippen LogP contribution is 2.83. The van der Waals surface area contributed by atoms with Crippen molar-refractivity contribution in [3.8, 4) is 11.8 Å². The van der Waals surface area contributed by atoms with Crippen molar-refractivity contribution in [3.05, 3.63) is 0 Å². The number of ether oxygens (including phenoxy) is 4. The van der Waals surface area contributed by atoms with Gasteiger partial charge in [-0.15, -0.1) is 11.8 Å². The highest BCUT2D eigenvalue weighted by molar-refractivity contribution is 5.94. The van der Waals surface area contributed by atoms with Crippen LogP contribution < -0.4 is 0 Å².